The van der Waals surface area contributed by atoms with Crippen molar-refractivity contribution in [2.24, 2.45) is 0 Å². The molecule has 2 aromatic carbocycles. The van der Waals surface area contributed by atoms with Crippen LogP contribution >= 0.6 is 0 Å². The van der Waals surface area contributed by atoms with E-state index in [-0.39, 0.29) is 0 Å². The third kappa shape index (κ3) is 4.51. The number of aromatic nitrogens is 2. The molecule has 0 atom stereocenters. The van der Waals surface area contributed by atoms with Crippen LogP contribution in [0.15, 0.2) is 42.6 Å². The Morgan fingerprint density at radius 2 is 1.66 bits per heavy atom. The lowest BCUT2D eigenvalue weighted by molar-refractivity contribution is 0.324. The molecule has 3 rings (SSSR count). The van der Waals surface area contributed by atoms with Crippen LogP contribution in [0.25, 0.3) is 0 Å². The molecule has 1 heterocycles. The molecule has 7 nitrogen and oxygen atoms in total. The molecule has 0 aliphatic heterocycles. The van der Waals surface area contributed by atoms with E-state index in [1.165, 1.54) is 5.56 Å². The van der Waals surface area contributed by atoms with Gasteiger partial charge in [-0.2, -0.15) is 4.98 Å². The number of rotatable bonds is 8. The molecule has 2 N–H and O–H groups in total. The van der Waals surface area contributed by atoms with Crippen molar-refractivity contribution in [2.45, 2.75) is 20.3 Å². The predicted octanol–water partition coefficient (Wildman–Crippen LogP) is 4.86. The number of para-hydroxylation sites is 1. The highest BCUT2D eigenvalue weighted by molar-refractivity contribution is 5.68. The van der Waals surface area contributed by atoms with Gasteiger partial charge in [0.25, 0.3) is 0 Å². The first-order valence-corrected chi connectivity index (χ1v) is 9.35. The average Bonchev–Trinajstić information content (AvgIpc) is 2.74. The summed E-state index contributed by atoms with van der Waals surface area (Å²) in [4.78, 5) is 8.94. The highest BCUT2D eigenvalue weighted by Gasteiger charge is 2.14. The number of methoxy groups -OCH3 is 3. The Hall–Kier alpha value is -3.48. The van der Waals surface area contributed by atoms with E-state index in [2.05, 4.69) is 52.6 Å². The first kappa shape index (κ1) is 20.3. The van der Waals surface area contributed by atoms with E-state index in [9.17, 15) is 0 Å². The minimum Gasteiger partial charge on any atom is -0.493 e. The monoisotopic (exact) mass is 394 g/mol. The molecule has 0 spiro atoms. The maximum Gasteiger partial charge on any atom is 0.229 e. The lowest BCUT2D eigenvalue weighted by Gasteiger charge is -2.16. The van der Waals surface area contributed by atoms with Crippen LogP contribution in [0.1, 0.15) is 18.1 Å². The van der Waals surface area contributed by atoms with E-state index >= 15 is 0 Å². The third-order valence-corrected chi connectivity index (χ3v) is 4.57. The second-order valence-corrected chi connectivity index (χ2v) is 6.39. The summed E-state index contributed by atoms with van der Waals surface area (Å²) >= 11 is 0. The zero-order valence-electron chi connectivity index (χ0n) is 17.4. The van der Waals surface area contributed by atoms with Crippen molar-refractivity contribution >= 4 is 23.1 Å². The van der Waals surface area contributed by atoms with Crippen molar-refractivity contribution in [3.63, 3.8) is 0 Å². The fourth-order valence-corrected chi connectivity index (χ4v) is 3.10. The lowest BCUT2D eigenvalue weighted by Crippen LogP contribution is -2.04. The molecular formula is C22H26N4O3. The van der Waals surface area contributed by atoms with Crippen molar-refractivity contribution in [1.82, 2.24) is 9.97 Å². The van der Waals surface area contributed by atoms with Gasteiger partial charge in [-0.25, -0.2) is 4.98 Å². The van der Waals surface area contributed by atoms with E-state index in [1.807, 2.05) is 12.1 Å². The van der Waals surface area contributed by atoms with Crippen molar-refractivity contribution in [3.05, 3.63) is 53.7 Å². The molecule has 7 heteroatoms. The number of aryl methyl sites for hydroxylation is 2. The van der Waals surface area contributed by atoms with E-state index in [0.717, 1.165) is 23.4 Å². The molecule has 1 aromatic heterocycles. The lowest BCUT2D eigenvalue weighted by atomic mass is 10.1. The Morgan fingerprint density at radius 1 is 0.931 bits per heavy atom. The summed E-state index contributed by atoms with van der Waals surface area (Å²) in [5.41, 5.74) is 4.17. The molecule has 0 saturated heterocycles. The molecule has 3 aromatic rings. The number of benzene rings is 2. The predicted molar refractivity (Wildman–Crippen MR) is 115 cm³/mol. The van der Waals surface area contributed by atoms with Gasteiger partial charge in [-0.3, -0.25) is 0 Å². The Balaban J connectivity index is 1.88. The van der Waals surface area contributed by atoms with Crippen molar-refractivity contribution in [3.8, 4) is 17.2 Å². The first-order chi connectivity index (χ1) is 14.1. The largest absolute Gasteiger partial charge is 0.493 e. The number of hydrogen-bond acceptors (Lipinski definition) is 7. The summed E-state index contributed by atoms with van der Waals surface area (Å²) in [6, 6.07) is 11.7. The van der Waals surface area contributed by atoms with Gasteiger partial charge in [0, 0.05) is 29.7 Å². The number of ether oxygens (including phenoxy) is 3. The van der Waals surface area contributed by atoms with E-state index in [4.69, 9.17) is 14.2 Å². The normalized spacial score (nSPS) is 10.4. The first-order valence-electron chi connectivity index (χ1n) is 9.35. The topological polar surface area (TPSA) is 77.5 Å². The van der Waals surface area contributed by atoms with Gasteiger partial charge < -0.3 is 24.8 Å². The Labute approximate surface area is 171 Å². The third-order valence-electron chi connectivity index (χ3n) is 4.57. The molecule has 0 fully saturated rings. The van der Waals surface area contributed by atoms with Crippen LogP contribution in [0.2, 0.25) is 0 Å². The van der Waals surface area contributed by atoms with Crippen LogP contribution < -0.4 is 24.8 Å². The van der Waals surface area contributed by atoms with Gasteiger partial charge in [0.05, 0.1) is 21.3 Å². The summed E-state index contributed by atoms with van der Waals surface area (Å²) in [5, 5.41) is 6.62. The molecule has 0 bridgehead atoms. The summed E-state index contributed by atoms with van der Waals surface area (Å²) in [5.74, 6) is 2.83. The summed E-state index contributed by atoms with van der Waals surface area (Å²) in [6.45, 7) is 4.20. The molecular weight excluding hydrogens is 368 g/mol. The molecule has 0 amide bonds. The van der Waals surface area contributed by atoms with Crippen LogP contribution in [-0.4, -0.2) is 31.3 Å². The smallest absolute Gasteiger partial charge is 0.229 e. The van der Waals surface area contributed by atoms with Gasteiger partial charge in [-0.15, -0.1) is 0 Å². The number of nitrogens with zero attached hydrogens (tertiary/aromatic N) is 2. The number of anilines is 4. The van der Waals surface area contributed by atoms with Crippen LogP contribution in [0.5, 0.6) is 17.2 Å². The van der Waals surface area contributed by atoms with Crippen molar-refractivity contribution < 1.29 is 14.2 Å². The van der Waals surface area contributed by atoms with Crippen LogP contribution in [0.3, 0.4) is 0 Å². The maximum absolute atomic E-state index is 5.41. The standard InChI is InChI=1S/C22H26N4O3/c1-6-15-9-7-8-14(2)20(15)26-22-23-11-10-19(25-22)24-16-12-17(27-3)21(29-5)18(13-16)28-4/h7-13H,6H2,1-5H3,(H2,23,24,25,26). The average molecular weight is 394 g/mol. The molecule has 0 aliphatic carbocycles. The van der Waals surface area contributed by atoms with Crippen molar-refractivity contribution in [2.75, 3.05) is 32.0 Å². The van der Waals surface area contributed by atoms with Crippen LogP contribution in [0.4, 0.5) is 23.1 Å². The zero-order chi connectivity index (χ0) is 20.8. The fraction of sp³-hybridized carbons (Fsp3) is 0.273. The summed E-state index contributed by atoms with van der Waals surface area (Å²) in [6.07, 6.45) is 2.63. The van der Waals surface area contributed by atoms with Crippen molar-refractivity contribution in [1.29, 1.82) is 0 Å². The van der Waals surface area contributed by atoms with Gasteiger partial charge in [0.15, 0.2) is 11.5 Å². The summed E-state index contributed by atoms with van der Waals surface area (Å²) in [7, 11) is 4.74. The molecule has 0 saturated carbocycles. The fourth-order valence-electron chi connectivity index (χ4n) is 3.10. The van der Waals surface area contributed by atoms with Gasteiger partial charge in [-0.1, -0.05) is 25.1 Å². The van der Waals surface area contributed by atoms with Crippen LogP contribution in [-0.2, 0) is 6.42 Å². The molecule has 29 heavy (non-hydrogen) atoms. The second-order valence-electron chi connectivity index (χ2n) is 6.39. The zero-order valence-corrected chi connectivity index (χ0v) is 17.4. The van der Waals surface area contributed by atoms with Gasteiger partial charge >= 0.3 is 0 Å². The van der Waals surface area contributed by atoms with Gasteiger partial charge in [0.1, 0.15) is 5.82 Å². The van der Waals surface area contributed by atoms with Crippen LogP contribution in [0, 0.1) is 6.92 Å². The molecule has 152 valence electrons. The molecule has 0 aliphatic rings. The minimum atomic E-state index is 0.520. The van der Waals surface area contributed by atoms with E-state index in [1.54, 1.807) is 33.6 Å². The number of hydrogen-bond donors (Lipinski definition) is 2. The SMILES string of the molecule is CCc1cccc(C)c1Nc1nccc(Nc2cc(OC)c(OC)c(OC)c2)n1. The Bertz CT molecular complexity index is 967. The maximum atomic E-state index is 5.41. The van der Waals surface area contributed by atoms with E-state index < -0.39 is 0 Å². The minimum absolute atomic E-state index is 0.520. The molecule has 0 radical (unpaired) electrons. The Morgan fingerprint density at radius 3 is 2.28 bits per heavy atom. The van der Waals surface area contributed by atoms with E-state index in [0.29, 0.717) is 29.0 Å². The summed E-state index contributed by atoms with van der Waals surface area (Å²) < 4.78 is 16.2. The quantitative estimate of drug-likeness (QED) is 0.565. The highest BCUT2D eigenvalue weighted by atomic mass is 16.5. The van der Waals surface area contributed by atoms with Gasteiger partial charge in [-0.05, 0) is 30.5 Å². The number of nitrogens with one attached hydrogen (secondary N) is 2. The Kier molecular flexibility index (Phi) is 6.39. The second kappa shape index (κ2) is 9.14. The van der Waals surface area contributed by atoms with Gasteiger partial charge in [0.2, 0.25) is 11.7 Å². The molecule has 0 unspecified atom stereocenters. The highest BCUT2D eigenvalue weighted by Crippen LogP contribution is 2.40.